The number of carbonyl (C=O) groups excluding carboxylic acids is 1. The number of aromatic nitrogens is 1. The van der Waals surface area contributed by atoms with Crippen LogP contribution in [0.1, 0.15) is 12.6 Å². The molecule has 0 aliphatic heterocycles. The topological polar surface area (TPSA) is 85.2 Å². The summed E-state index contributed by atoms with van der Waals surface area (Å²) < 4.78 is 4.83. The second kappa shape index (κ2) is 4.25. The standard InChI is InChI=1S/C11H10N2O4/c1-7(14)17-6-9-4-8-5-10(13(15)16)2-3-11(8)12-9/h2-5,12H,6H2,1H3. The SMILES string of the molecule is CC(=O)OCc1cc2cc([N+](=O)[O-])ccc2[nH]1. The maximum atomic E-state index is 10.7. The third-order valence-corrected chi connectivity index (χ3v) is 2.30. The van der Waals surface area contributed by atoms with E-state index >= 15 is 0 Å². The molecule has 0 spiro atoms. The molecule has 1 aromatic carbocycles. The van der Waals surface area contributed by atoms with Gasteiger partial charge >= 0.3 is 5.97 Å². The number of nitrogens with zero attached hydrogens (tertiary/aromatic N) is 1. The van der Waals surface area contributed by atoms with Crippen LogP contribution >= 0.6 is 0 Å². The van der Waals surface area contributed by atoms with Crippen molar-refractivity contribution in [2.24, 2.45) is 0 Å². The number of carbonyl (C=O) groups is 1. The molecule has 6 heteroatoms. The molecule has 2 rings (SSSR count). The minimum atomic E-state index is -0.446. The smallest absolute Gasteiger partial charge is 0.303 e. The van der Waals surface area contributed by atoms with Crippen LogP contribution in [-0.4, -0.2) is 15.9 Å². The fraction of sp³-hybridized carbons (Fsp3) is 0.182. The summed E-state index contributed by atoms with van der Waals surface area (Å²) in [5.74, 6) is -0.366. The molecule has 0 saturated carbocycles. The van der Waals surface area contributed by atoms with Gasteiger partial charge in [0.2, 0.25) is 0 Å². The Morgan fingerprint density at radius 3 is 2.88 bits per heavy atom. The van der Waals surface area contributed by atoms with E-state index in [1.807, 2.05) is 0 Å². The molecule has 0 radical (unpaired) electrons. The van der Waals surface area contributed by atoms with E-state index in [1.165, 1.54) is 19.1 Å². The number of esters is 1. The number of nitro groups is 1. The van der Waals surface area contributed by atoms with Crippen LogP contribution in [0, 0.1) is 10.1 Å². The maximum Gasteiger partial charge on any atom is 0.303 e. The normalized spacial score (nSPS) is 10.4. The third kappa shape index (κ3) is 2.41. The molecule has 17 heavy (non-hydrogen) atoms. The van der Waals surface area contributed by atoms with Crippen LogP contribution in [0.15, 0.2) is 24.3 Å². The molecule has 0 bridgehead atoms. The Labute approximate surface area is 96.3 Å². The summed E-state index contributed by atoms with van der Waals surface area (Å²) in [6.45, 7) is 1.46. The number of nitrogens with one attached hydrogen (secondary N) is 1. The van der Waals surface area contributed by atoms with Crippen molar-refractivity contribution in [2.45, 2.75) is 13.5 Å². The Kier molecular flexibility index (Phi) is 2.78. The molecule has 0 saturated heterocycles. The molecule has 0 amide bonds. The molecular formula is C11H10N2O4. The van der Waals surface area contributed by atoms with Crippen molar-refractivity contribution in [3.8, 4) is 0 Å². The van der Waals surface area contributed by atoms with Crippen molar-refractivity contribution < 1.29 is 14.5 Å². The number of H-pyrrole nitrogens is 1. The summed E-state index contributed by atoms with van der Waals surface area (Å²) in [4.78, 5) is 23.8. The molecule has 0 fully saturated rings. The van der Waals surface area contributed by atoms with E-state index in [4.69, 9.17) is 4.74 Å². The highest BCUT2D eigenvalue weighted by Crippen LogP contribution is 2.21. The lowest BCUT2D eigenvalue weighted by Crippen LogP contribution is -1.98. The van der Waals surface area contributed by atoms with E-state index < -0.39 is 4.92 Å². The summed E-state index contributed by atoms with van der Waals surface area (Å²) in [5, 5.41) is 11.3. The molecule has 0 unspecified atom stereocenters. The monoisotopic (exact) mass is 234 g/mol. The summed E-state index contributed by atoms with van der Waals surface area (Å²) in [7, 11) is 0. The molecule has 0 aliphatic rings. The van der Waals surface area contributed by atoms with E-state index in [9.17, 15) is 14.9 Å². The second-order valence-electron chi connectivity index (χ2n) is 3.60. The number of hydrogen-bond donors (Lipinski definition) is 1. The highest BCUT2D eigenvalue weighted by Gasteiger charge is 2.08. The molecule has 1 heterocycles. The lowest BCUT2D eigenvalue weighted by molar-refractivity contribution is -0.384. The fourth-order valence-corrected chi connectivity index (χ4v) is 1.55. The Morgan fingerprint density at radius 1 is 1.47 bits per heavy atom. The molecule has 6 nitrogen and oxygen atoms in total. The number of non-ortho nitro benzene ring substituents is 1. The second-order valence-corrected chi connectivity index (χ2v) is 3.60. The number of aromatic amines is 1. The molecule has 0 atom stereocenters. The van der Waals surface area contributed by atoms with Crippen LogP contribution in [0.2, 0.25) is 0 Å². The van der Waals surface area contributed by atoms with Gasteiger partial charge in [-0.25, -0.2) is 0 Å². The molecule has 88 valence electrons. The predicted molar refractivity (Wildman–Crippen MR) is 60.4 cm³/mol. The van der Waals surface area contributed by atoms with Crippen LogP contribution in [0.3, 0.4) is 0 Å². The highest BCUT2D eigenvalue weighted by molar-refractivity contribution is 5.82. The van der Waals surface area contributed by atoms with Gasteiger partial charge in [0.1, 0.15) is 6.61 Å². The van der Waals surface area contributed by atoms with E-state index in [-0.39, 0.29) is 18.3 Å². The summed E-state index contributed by atoms with van der Waals surface area (Å²) in [5.41, 5.74) is 1.52. The van der Waals surface area contributed by atoms with Crippen molar-refractivity contribution in [2.75, 3.05) is 0 Å². The number of ether oxygens (including phenoxy) is 1. The first-order valence-electron chi connectivity index (χ1n) is 4.95. The number of benzene rings is 1. The predicted octanol–water partition coefficient (Wildman–Crippen LogP) is 2.14. The van der Waals surface area contributed by atoms with Crippen molar-refractivity contribution in [1.82, 2.24) is 4.98 Å². The van der Waals surface area contributed by atoms with E-state index in [0.29, 0.717) is 5.69 Å². The summed E-state index contributed by atoms with van der Waals surface area (Å²) >= 11 is 0. The zero-order valence-corrected chi connectivity index (χ0v) is 9.10. The van der Waals surface area contributed by atoms with Crippen molar-refractivity contribution in [3.63, 3.8) is 0 Å². The molecule has 0 aliphatic carbocycles. The van der Waals surface area contributed by atoms with Crippen molar-refractivity contribution in [1.29, 1.82) is 0 Å². The first-order chi connectivity index (χ1) is 8.06. The zero-order chi connectivity index (χ0) is 12.4. The van der Waals surface area contributed by atoms with Gasteiger partial charge in [0.25, 0.3) is 5.69 Å². The Bertz CT molecular complexity index is 588. The van der Waals surface area contributed by atoms with E-state index in [0.717, 1.165) is 10.9 Å². The minimum absolute atomic E-state index is 0.0375. The summed E-state index contributed by atoms with van der Waals surface area (Å²) in [6, 6.07) is 6.26. The van der Waals surface area contributed by atoms with Gasteiger partial charge in [-0.2, -0.15) is 0 Å². The molecule has 1 aromatic heterocycles. The van der Waals surface area contributed by atoms with Crippen LogP contribution in [0.25, 0.3) is 10.9 Å². The van der Waals surface area contributed by atoms with Gasteiger partial charge < -0.3 is 9.72 Å². The lowest BCUT2D eigenvalue weighted by Gasteiger charge is -1.97. The average Bonchev–Trinajstić information content (AvgIpc) is 2.67. The van der Waals surface area contributed by atoms with Gasteiger partial charge in [-0.3, -0.25) is 14.9 Å². The largest absolute Gasteiger partial charge is 0.459 e. The first-order valence-corrected chi connectivity index (χ1v) is 4.95. The van der Waals surface area contributed by atoms with Crippen LogP contribution in [-0.2, 0) is 16.1 Å². The Hall–Kier alpha value is -2.37. The van der Waals surface area contributed by atoms with Gasteiger partial charge in [0, 0.05) is 30.0 Å². The Morgan fingerprint density at radius 2 is 2.24 bits per heavy atom. The summed E-state index contributed by atoms with van der Waals surface area (Å²) in [6.07, 6.45) is 0. The van der Waals surface area contributed by atoms with Crippen molar-refractivity contribution in [3.05, 3.63) is 40.1 Å². The van der Waals surface area contributed by atoms with Crippen LogP contribution in [0.5, 0.6) is 0 Å². The van der Waals surface area contributed by atoms with Gasteiger partial charge in [-0.15, -0.1) is 0 Å². The number of fused-ring (bicyclic) bond motifs is 1. The first kappa shape index (κ1) is 11.1. The Balaban J connectivity index is 2.30. The number of rotatable bonds is 3. The van der Waals surface area contributed by atoms with Crippen molar-refractivity contribution >= 4 is 22.6 Å². The maximum absolute atomic E-state index is 10.7. The third-order valence-electron chi connectivity index (χ3n) is 2.30. The van der Waals surface area contributed by atoms with Gasteiger partial charge in [0.05, 0.1) is 10.6 Å². The zero-order valence-electron chi connectivity index (χ0n) is 9.10. The van der Waals surface area contributed by atoms with E-state index in [2.05, 4.69) is 4.98 Å². The molecule has 2 aromatic rings. The van der Waals surface area contributed by atoms with Gasteiger partial charge in [0.15, 0.2) is 0 Å². The quantitative estimate of drug-likeness (QED) is 0.500. The van der Waals surface area contributed by atoms with Crippen LogP contribution < -0.4 is 0 Å². The van der Waals surface area contributed by atoms with Gasteiger partial charge in [-0.05, 0) is 12.1 Å². The average molecular weight is 234 g/mol. The number of nitro benzene ring substituents is 1. The molecule has 1 N–H and O–H groups in total. The number of hydrogen-bond acceptors (Lipinski definition) is 4. The fourth-order valence-electron chi connectivity index (χ4n) is 1.55. The van der Waals surface area contributed by atoms with Crippen LogP contribution in [0.4, 0.5) is 5.69 Å². The highest BCUT2D eigenvalue weighted by atomic mass is 16.6. The lowest BCUT2D eigenvalue weighted by atomic mass is 10.2. The molecular weight excluding hydrogens is 224 g/mol. The van der Waals surface area contributed by atoms with Gasteiger partial charge in [-0.1, -0.05) is 0 Å². The van der Waals surface area contributed by atoms with E-state index in [1.54, 1.807) is 12.1 Å². The minimum Gasteiger partial charge on any atom is -0.459 e.